The normalized spacial score (nSPS) is 18.1. The summed E-state index contributed by atoms with van der Waals surface area (Å²) < 4.78 is 0. The Hall–Kier alpha value is -0.770. The predicted molar refractivity (Wildman–Crippen MR) is 43.2 cm³/mol. The number of hydrogen-bond donors (Lipinski definition) is 2. The van der Waals surface area contributed by atoms with E-state index in [-0.39, 0.29) is 6.03 Å². The van der Waals surface area contributed by atoms with E-state index in [1.54, 1.807) is 4.90 Å². The number of rotatable bonds is 3. The van der Waals surface area contributed by atoms with Crippen molar-refractivity contribution in [3.8, 4) is 0 Å². The number of carbonyl (C=O) groups is 1. The van der Waals surface area contributed by atoms with Crippen LogP contribution in [0.5, 0.6) is 0 Å². The van der Waals surface area contributed by atoms with Crippen LogP contribution in [0.3, 0.4) is 0 Å². The molecule has 3 N–H and O–H groups in total. The SMILES string of the molecule is CNCCC1CN(C(N)=O)C1. The maximum atomic E-state index is 10.5. The molecule has 4 heteroatoms. The van der Waals surface area contributed by atoms with Crippen LogP contribution in [0.15, 0.2) is 0 Å². The van der Waals surface area contributed by atoms with Gasteiger partial charge in [0.05, 0.1) is 0 Å². The molecule has 0 spiro atoms. The molecule has 1 aliphatic heterocycles. The Morgan fingerprint density at radius 2 is 2.36 bits per heavy atom. The topological polar surface area (TPSA) is 58.4 Å². The summed E-state index contributed by atoms with van der Waals surface area (Å²) in [6.07, 6.45) is 1.14. The summed E-state index contributed by atoms with van der Waals surface area (Å²) in [5.74, 6) is 0.662. The van der Waals surface area contributed by atoms with Gasteiger partial charge in [0.25, 0.3) is 0 Å². The van der Waals surface area contributed by atoms with Crippen LogP contribution in [0.4, 0.5) is 4.79 Å². The summed E-state index contributed by atoms with van der Waals surface area (Å²) in [7, 11) is 1.94. The zero-order valence-corrected chi connectivity index (χ0v) is 6.84. The van der Waals surface area contributed by atoms with Crippen LogP contribution in [0, 0.1) is 5.92 Å². The van der Waals surface area contributed by atoms with Gasteiger partial charge in [-0.1, -0.05) is 0 Å². The second-order valence-corrected chi connectivity index (χ2v) is 3.00. The third-order valence-electron chi connectivity index (χ3n) is 2.07. The third-order valence-corrected chi connectivity index (χ3v) is 2.07. The zero-order chi connectivity index (χ0) is 8.27. The Kier molecular flexibility index (Phi) is 2.70. The number of carbonyl (C=O) groups excluding carboxylic acids is 1. The third kappa shape index (κ3) is 2.08. The van der Waals surface area contributed by atoms with Crippen molar-refractivity contribution in [2.75, 3.05) is 26.7 Å². The molecular formula is C7H15N3O. The van der Waals surface area contributed by atoms with E-state index in [1.807, 2.05) is 7.05 Å². The molecule has 0 aliphatic carbocycles. The van der Waals surface area contributed by atoms with Gasteiger partial charge in [0, 0.05) is 13.1 Å². The van der Waals surface area contributed by atoms with E-state index in [1.165, 1.54) is 0 Å². The largest absolute Gasteiger partial charge is 0.351 e. The zero-order valence-electron chi connectivity index (χ0n) is 6.84. The Bertz CT molecular complexity index is 143. The Morgan fingerprint density at radius 1 is 1.73 bits per heavy atom. The molecule has 1 rings (SSSR count). The number of nitrogens with two attached hydrogens (primary N) is 1. The van der Waals surface area contributed by atoms with Crippen molar-refractivity contribution in [3.05, 3.63) is 0 Å². The monoisotopic (exact) mass is 157 g/mol. The van der Waals surface area contributed by atoms with Gasteiger partial charge in [-0.3, -0.25) is 0 Å². The number of hydrogen-bond acceptors (Lipinski definition) is 2. The lowest BCUT2D eigenvalue weighted by atomic mass is 9.97. The van der Waals surface area contributed by atoms with E-state index in [0.29, 0.717) is 5.92 Å². The van der Waals surface area contributed by atoms with Crippen LogP contribution >= 0.6 is 0 Å². The molecule has 0 atom stereocenters. The van der Waals surface area contributed by atoms with Crippen molar-refractivity contribution < 1.29 is 4.79 Å². The highest BCUT2D eigenvalue weighted by Crippen LogP contribution is 2.17. The van der Waals surface area contributed by atoms with E-state index in [9.17, 15) is 4.79 Å². The van der Waals surface area contributed by atoms with E-state index in [2.05, 4.69) is 5.32 Å². The van der Waals surface area contributed by atoms with Gasteiger partial charge in [-0.2, -0.15) is 0 Å². The minimum atomic E-state index is -0.286. The number of nitrogens with one attached hydrogen (secondary N) is 1. The highest BCUT2D eigenvalue weighted by Gasteiger charge is 2.28. The smallest absolute Gasteiger partial charge is 0.314 e. The lowest BCUT2D eigenvalue weighted by Gasteiger charge is -2.37. The highest BCUT2D eigenvalue weighted by molar-refractivity contribution is 5.72. The van der Waals surface area contributed by atoms with Gasteiger partial charge in [-0.15, -0.1) is 0 Å². The molecule has 0 radical (unpaired) electrons. The number of amides is 2. The van der Waals surface area contributed by atoms with Gasteiger partial charge in [0.1, 0.15) is 0 Å². The second-order valence-electron chi connectivity index (χ2n) is 3.00. The maximum Gasteiger partial charge on any atom is 0.314 e. The molecule has 0 aromatic heterocycles. The summed E-state index contributed by atoms with van der Waals surface area (Å²) in [5, 5.41) is 3.08. The van der Waals surface area contributed by atoms with Crippen molar-refractivity contribution in [1.82, 2.24) is 10.2 Å². The molecule has 4 nitrogen and oxygen atoms in total. The molecule has 1 heterocycles. The van der Waals surface area contributed by atoms with Gasteiger partial charge in [0.15, 0.2) is 0 Å². The summed E-state index contributed by atoms with van der Waals surface area (Å²) in [5.41, 5.74) is 5.06. The minimum Gasteiger partial charge on any atom is -0.351 e. The number of nitrogens with zero attached hydrogens (tertiary/aromatic N) is 1. The minimum absolute atomic E-state index is 0.286. The Balaban J connectivity index is 2.05. The first-order valence-corrected chi connectivity index (χ1v) is 3.93. The van der Waals surface area contributed by atoms with Crippen LogP contribution in [0.1, 0.15) is 6.42 Å². The van der Waals surface area contributed by atoms with Crippen molar-refractivity contribution >= 4 is 6.03 Å². The average molecular weight is 157 g/mol. The van der Waals surface area contributed by atoms with Gasteiger partial charge in [0.2, 0.25) is 0 Å². The van der Waals surface area contributed by atoms with Crippen LogP contribution in [-0.4, -0.2) is 37.6 Å². The van der Waals surface area contributed by atoms with E-state index >= 15 is 0 Å². The first kappa shape index (κ1) is 8.33. The van der Waals surface area contributed by atoms with Crippen molar-refractivity contribution in [3.63, 3.8) is 0 Å². The highest BCUT2D eigenvalue weighted by atomic mass is 16.2. The molecule has 0 bridgehead atoms. The molecule has 0 aromatic rings. The quantitative estimate of drug-likeness (QED) is 0.586. The summed E-state index contributed by atoms with van der Waals surface area (Å²) in [6, 6.07) is -0.286. The van der Waals surface area contributed by atoms with Crippen LogP contribution in [-0.2, 0) is 0 Å². The molecule has 1 aliphatic rings. The molecular weight excluding hydrogens is 142 g/mol. The lowest BCUT2D eigenvalue weighted by molar-refractivity contribution is 0.123. The number of likely N-dealkylation sites (tertiary alicyclic amines) is 1. The molecule has 64 valence electrons. The fourth-order valence-electron chi connectivity index (χ4n) is 1.28. The summed E-state index contributed by atoms with van der Waals surface area (Å²) >= 11 is 0. The molecule has 11 heavy (non-hydrogen) atoms. The Labute approximate surface area is 66.7 Å². The summed E-state index contributed by atoms with van der Waals surface area (Å²) in [4.78, 5) is 12.2. The average Bonchev–Trinajstić information content (AvgIpc) is 1.84. The van der Waals surface area contributed by atoms with Gasteiger partial charge < -0.3 is 16.0 Å². The molecule has 0 saturated carbocycles. The summed E-state index contributed by atoms with van der Waals surface area (Å²) in [6.45, 7) is 2.71. The molecule has 1 saturated heterocycles. The van der Waals surface area contributed by atoms with Crippen LogP contribution < -0.4 is 11.1 Å². The van der Waals surface area contributed by atoms with Crippen molar-refractivity contribution in [2.45, 2.75) is 6.42 Å². The lowest BCUT2D eigenvalue weighted by Crippen LogP contribution is -2.52. The van der Waals surface area contributed by atoms with E-state index < -0.39 is 0 Å². The van der Waals surface area contributed by atoms with Crippen molar-refractivity contribution in [1.29, 1.82) is 0 Å². The predicted octanol–water partition coefficient (Wildman–Crippen LogP) is -0.394. The fraction of sp³-hybridized carbons (Fsp3) is 0.857. The van der Waals surface area contributed by atoms with E-state index in [4.69, 9.17) is 5.73 Å². The van der Waals surface area contributed by atoms with Gasteiger partial charge in [-0.25, -0.2) is 4.79 Å². The molecule has 2 amide bonds. The fourth-order valence-corrected chi connectivity index (χ4v) is 1.28. The van der Waals surface area contributed by atoms with Gasteiger partial charge in [-0.05, 0) is 25.9 Å². The van der Waals surface area contributed by atoms with E-state index in [0.717, 1.165) is 26.1 Å². The maximum absolute atomic E-state index is 10.5. The van der Waals surface area contributed by atoms with Crippen molar-refractivity contribution in [2.24, 2.45) is 11.7 Å². The number of primary amides is 1. The number of urea groups is 1. The van der Waals surface area contributed by atoms with Crippen LogP contribution in [0.25, 0.3) is 0 Å². The molecule has 0 aromatic carbocycles. The molecule has 1 fully saturated rings. The first-order chi connectivity index (χ1) is 5.24. The van der Waals surface area contributed by atoms with Crippen LogP contribution in [0.2, 0.25) is 0 Å². The second kappa shape index (κ2) is 3.57. The molecule has 0 unspecified atom stereocenters. The van der Waals surface area contributed by atoms with Gasteiger partial charge >= 0.3 is 6.03 Å². The standard InChI is InChI=1S/C7H15N3O/c1-9-3-2-6-4-10(5-6)7(8)11/h6,9H,2-5H2,1H3,(H2,8,11). The first-order valence-electron chi connectivity index (χ1n) is 3.93. The Morgan fingerprint density at radius 3 is 2.82 bits per heavy atom.